The molecule has 0 spiro atoms. The summed E-state index contributed by atoms with van der Waals surface area (Å²) < 4.78 is 0. The zero-order chi connectivity index (χ0) is 10.5. The highest BCUT2D eigenvalue weighted by molar-refractivity contribution is 6.08. The Labute approximate surface area is 89.3 Å². The molecule has 0 amide bonds. The Hall–Kier alpha value is -1.51. The lowest BCUT2D eigenvalue weighted by atomic mass is 10.0. The van der Waals surface area contributed by atoms with Crippen molar-refractivity contribution in [3.05, 3.63) is 35.9 Å². The van der Waals surface area contributed by atoms with Gasteiger partial charge in [0.15, 0.2) is 5.78 Å². The van der Waals surface area contributed by atoms with Crippen LogP contribution in [-0.2, 0) is 0 Å². The van der Waals surface area contributed by atoms with Gasteiger partial charge in [-0.3, -0.25) is 4.79 Å². The van der Waals surface area contributed by atoms with Gasteiger partial charge in [0.05, 0.1) is 5.56 Å². The number of allylic oxidation sites excluding steroid dienone is 2. The van der Waals surface area contributed by atoms with E-state index in [-0.39, 0.29) is 5.78 Å². The van der Waals surface area contributed by atoms with Crippen molar-refractivity contribution in [2.24, 2.45) is 0 Å². The Morgan fingerprint density at radius 2 is 1.93 bits per heavy atom. The molecule has 78 valence electrons. The second-order valence-corrected chi connectivity index (χ2v) is 3.78. The van der Waals surface area contributed by atoms with E-state index in [1.165, 1.54) is 19.2 Å². The van der Waals surface area contributed by atoms with Crippen LogP contribution in [0.25, 0.3) is 0 Å². The van der Waals surface area contributed by atoms with Gasteiger partial charge in [-0.15, -0.1) is 0 Å². The maximum atomic E-state index is 12.0. The van der Waals surface area contributed by atoms with Gasteiger partial charge in [0, 0.05) is 12.4 Å². The van der Waals surface area contributed by atoms with Crippen LogP contribution in [0.4, 0.5) is 0 Å². The minimum atomic E-state index is 0.0949. The number of carbonyl (C=O) groups excluding carboxylic acids is 1. The van der Waals surface area contributed by atoms with Crippen molar-refractivity contribution in [1.82, 2.24) is 9.97 Å². The second kappa shape index (κ2) is 4.82. The van der Waals surface area contributed by atoms with Gasteiger partial charge in [-0.05, 0) is 31.3 Å². The zero-order valence-electron chi connectivity index (χ0n) is 8.65. The summed E-state index contributed by atoms with van der Waals surface area (Å²) in [4.78, 5) is 19.7. The molecule has 0 unspecified atom stereocenters. The lowest BCUT2D eigenvalue weighted by Crippen LogP contribution is -2.04. The highest BCUT2D eigenvalue weighted by Crippen LogP contribution is 2.20. The van der Waals surface area contributed by atoms with Crippen LogP contribution in [-0.4, -0.2) is 15.8 Å². The van der Waals surface area contributed by atoms with Crippen molar-refractivity contribution in [2.45, 2.75) is 32.1 Å². The van der Waals surface area contributed by atoms with Crippen molar-refractivity contribution in [1.29, 1.82) is 0 Å². The Morgan fingerprint density at radius 3 is 2.73 bits per heavy atom. The van der Waals surface area contributed by atoms with E-state index in [9.17, 15) is 4.79 Å². The van der Waals surface area contributed by atoms with E-state index in [1.807, 2.05) is 0 Å². The third-order valence-corrected chi connectivity index (χ3v) is 2.66. The van der Waals surface area contributed by atoms with Gasteiger partial charge in [-0.1, -0.05) is 12.5 Å². The largest absolute Gasteiger partial charge is 0.289 e. The molecule has 15 heavy (non-hydrogen) atoms. The van der Waals surface area contributed by atoms with Crippen LogP contribution < -0.4 is 0 Å². The average molecular weight is 202 g/mol. The summed E-state index contributed by atoms with van der Waals surface area (Å²) in [6, 6.07) is 0. The zero-order valence-corrected chi connectivity index (χ0v) is 8.65. The predicted octanol–water partition coefficient (Wildman–Crippen LogP) is 2.55. The summed E-state index contributed by atoms with van der Waals surface area (Å²) in [6.45, 7) is 0. The van der Waals surface area contributed by atoms with E-state index in [0.29, 0.717) is 5.56 Å². The van der Waals surface area contributed by atoms with E-state index in [0.717, 1.165) is 24.8 Å². The molecule has 1 aliphatic rings. The van der Waals surface area contributed by atoms with E-state index in [1.54, 1.807) is 12.4 Å². The summed E-state index contributed by atoms with van der Waals surface area (Å²) >= 11 is 0. The molecule has 0 saturated heterocycles. The second-order valence-electron chi connectivity index (χ2n) is 3.78. The standard InChI is InChI=1S/C12H14N2O/c15-12(11-7-13-9-14-8-11)10-5-3-1-2-4-6-10/h5,7-9H,1-4,6H2. The molecule has 0 aromatic carbocycles. The smallest absolute Gasteiger partial charge is 0.191 e. The number of hydrogen-bond donors (Lipinski definition) is 0. The Morgan fingerprint density at radius 1 is 1.13 bits per heavy atom. The molecule has 0 bridgehead atoms. The van der Waals surface area contributed by atoms with E-state index in [4.69, 9.17) is 0 Å². The maximum absolute atomic E-state index is 12.0. The number of ketones is 1. The molecule has 1 heterocycles. The molecule has 3 nitrogen and oxygen atoms in total. The molecule has 2 rings (SSSR count). The van der Waals surface area contributed by atoms with Crippen LogP contribution in [0, 0.1) is 0 Å². The quantitative estimate of drug-likeness (QED) is 0.692. The van der Waals surface area contributed by atoms with Gasteiger partial charge in [-0.2, -0.15) is 0 Å². The molecule has 3 heteroatoms. The topological polar surface area (TPSA) is 42.9 Å². The van der Waals surface area contributed by atoms with E-state index in [2.05, 4.69) is 16.0 Å². The first-order valence-corrected chi connectivity index (χ1v) is 5.36. The van der Waals surface area contributed by atoms with Gasteiger partial charge in [0.25, 0.3) is 0 Å². The van der Waals surface area contributed by atoms with Crippen molar-refractivity contribution >= 4 is 5.78 Å². The van der Waals surface area contributed by atoms with Crippen molar-refractivity contribution in [3.63, 3.8) is 0 Å². The molecule has 0 atom stereocenters. The fraction of sp³-hybridized carbons (Fsp3) is 0.417. The summed E-state index contributed by atoms with van der Waals surface area (Å²) in [7, 11) is 0. The third-order valence-electron chi connectivity index (χ3n) is 2.66. The molecular weight excluding hydrogens is 188 g/mol. The van der Waals surface area contributed by atoms with Crippen molar-refractivity contribution in [3.8, 4) is 0 Å². The predicted molar refractivity (Wildman–Crippen MR) is 57.5 cm³/mol. The lowest BCUT2D eigenvalue weighted by Gasteiger charge is -2.02. The first-order chi connectivity index (χ1) is 7.38. The molecule has 1 aliphatic carbocycles. The summed E-state index contributed by atoms with van der Waals surface area (Å²) in [5.74, 6) is 0.0949. The van der Waals surface area contributed by atoms with Gasteiger partial charge in [-0.25, -0.2) is 9.97 Å². The van der Waals surface area contributed by atoms with Crippen LogP contribution >= 0.6 is 0 Å². The fourth-order valence-electron chi connectivity index (χ4n) is 1.82. The number of rotatable bonds is 2. The van der Waals surface area contributed by atoms with Crippen molar-refractivity contribution < 1.29 is 4.79 Å². The van der Waals surface area contributed by atoms with Crippen molar-refractivity contribution in [2.75, 3.05) is 0 Å². The van der Waals surface area contributed by atoms with Crippen LogP contribution in [0.15, 0.2) is 30.4 Å². The first-order valence-electron chi connectivity index (χ1n) is 5.36. The highest BCUT2D eigenvalue weighted by Gasteiger charge is 2.13. The molecule has 0 fully saturated rings. The Balaban J connectivity index is 2.17. The molecule has 0 N–H and O–H groups in total. The van der Waals surface area contributed by atoms with Crippen LogP contribution in [0.1, 0.15) is 42.5 Å². The normalized spacial score (nSPS) is 16.7. The minimum absolute atomic E-state index is 0.0949. The molecule has 0 saturated carbocycles. The molecular formula is C12H14N2O. The number of nitrogens with zero attached hydrogens (tertiary/aromatic N) is 2. The number of hydrogen-bond acceptors (Lipinski definition) is 3. The Bertz CT molecular complexity index is 370. The molecule has 1 aromatic heterocycles. The summed E-state index contributed by atoms with van der Waals surface area (Å²) in [6.07, 6.45) is 12.1. The van der Waals surface area contributed by atoms with Gasteiger partial charge >= 0.3 is 0 Å². The monoisotopic (exact) mass is 202 g/mol. The number of Topliss-reactive ketones (excluding diaryl/α,β-unsaturated/α-hetero) is 1. The SMILES string of the molecule is O=C(C1=CCCCCC1)c1cncnc1. The average Bonchev–Trinajstić information content (AvgIpc) is 2.58. The third kappa shape index (κ3) is 2.49. The van der Waals surface area contributed by atoms with E-state index >= 15 is 0 Å². The van der Waals surface area contributed by atoms with Crippen LogP contribution in [0.2, 0.25) is 0 Å². The van der Waals surface area contributed by atoms with Gasteiger partial charge < -0.3 is 0 Å². The van der Waals surface area contributed by atoms with E-state index < -0.39 is 0 Å². The Kier molecular flexibility index (Phi) is 3.22. The molecule has 0 radical (unpaired) electrons. The summed E-state index contributed by atoms with van der Waals surface area (Å²) in [5.41, 5.74) is 1.54. The minimum Gasteiger partial charge on any atom is -0.289 e. The number of carbonyl (C=O) groups is 1. The van der Waals surface area contributed by atoms with Gasteiger partial charge in [0.2, 0.25) is 0 Å². The lowest BCUT2D eigenvalue weighted by molar-refractivity contribution is 0.102. The fourth-order valence-corrected chi connectivity index (χ4v) is 1.82. The van der Waals surface area contributed by atoms with Crippen LogP contribution in [0.3, 0.4) is 0 Å². The number of aromatic nitrogens is 2. The highest BCUT2D eigenvalue weighted by atomic mass is 16.1. The molecule has 1 aromatic rings. The van der Waals surface area contributed by atoms with Gasteiger partial charge in [0.1, 0.15) is 6.33 Å². The first kappa shape index (κ1) is 10.0. The summed E-state index contributed by atoms with van der Waals surface area (Å²) in [5, 5.41) is 0. The molecule has 0 aliphatic heterocycles. The van der Waals surface area contributed by atoms with Crippen LogP contribution in [0.5, 0.6) is 0 Å². The maximum Gasteiger partial charge on any atom is 0.191 e.